The summed E-state index contributed by atoms with van der Waals surface area (Å²) < 4.78 is 20.9. The van der Waals surface area contributed by atoms with Crippen LogP contribution in [0.1, 0.15) is 49.5 Å². The van der Waals surface area contributed by atoms with E-state index in [1.54, 1.807) is 47.4 Å². The summed E-state index contributed by atoms with van der Waals surface area (Å²) in [5.41, 5.74) is 4.17. The molecule has 6 aromatic rings. The molecular weight excluding hydrogens is 589 g/mol. The Balaban J connectivity index is 1.46. The van der Waals surface area contributed by atoms with Gasteiger partial charge in [0.2, 0.25) is 5.76 Å². The van der Waals surface area contributed by atoms with Gasteiger partial charge in [0.1, 0.15) is 11.4 Å². The van der Waals surface area contributed by atoms with Crippen molar-refractivity contribution in [1.29, 1.82) is 0 Å². The lowest BCUT2D eigenvalue weighted by Gasteiger charge is -2.32. The topological polar surface area (TPSA) is 83.7 Å². The van der Waals surface area contributed by atoms with Crippen LogP contribution in [0.4, 0.5) is 15.2 Å². The first-order valence-corrected chi connectivity index (χ1v) is 15.4. The fraction of sp³-hybridized carbons (Fsp3) is 0.167. The fourth-order valence-electron chi connectivity index (χ4n) is 6.80. The van der Waals surface area contributed by atoms with Crippen LogP contribution in [-0.2, 0) is 16.9 Å². The summed E-state index contributed by atoms with van der Waals surface area (Å²) in [4.78, 5) is 52.3. The second kappa shape index (κ2) is 9.42. The summed E-state index contributed by atoms with van der Waals surface area (Å²) in [6.45, 7) is 7.86. The van der Waals surface area contributed by atoms with E-state index in [2.05, 4.69) is 0 Å². The molecule has 4 aromatic carbocycles. The predicted molar refractivity (Wildman–Crippen MR) is 173 cm³/mol. The Hall–Kier alpha value is -5.15. The van der Waals surface area contributed by atoms with Gasteiger partial charge in [-0.2, -0.15) is 0 Å². The van der Waals surface area contributed by atoms with Gasteiger partial charge in [-0.05, 0) is 91.9 Å². The molecule has 222 valence electrons. The molecule has 0 aliphatic carbocycles. The fourth-order valence-corrected chi connectivity index (χ4v) is 7.99. The predicted octanol–water partition coefficient (Wildman–Crippen LogP) is 7.23. The van der Waals surface area contributed by atoms with E-state index in [1.807, 2.05) is 45.9 Å². The Kier molecular flexibility index (Phi) is 5.74. The number of amides is 2. The largest absolute Gasteiger partial charge is 0.450 e. The molecule has 0 saturated carbocycles. The van der Waals surface area contributed by atoms with E-state index in [1.165, 1.54) is 28.4 Å². The molecule has 45 heavy (non-hydrogen) atoms. The number of hydrogen-bond acceptors (Lipinski definition) is 6. The first kappa shape index (κ1) is 27.4. The number of hydrogen-bond donors (Lipinski definition) is 0. The van der Waals surface area contributed by atoms with Gasteiger partial charge >= 0.3 is 0 Å². The zero-order valence-electron chi connectivity index (χ0n) is 24.9. The van der Waals surface area contributed by atoms with E-state index in [0.29, 0.717) is 22.2 Å². The molecule has 9 heteroatoms. The maximum atomic E-state index is 15.1. The summed E-state index contributed by atoms with van der Waals surface area (Å²) in [5, 5.41) is 0.585. The van der Waals surface area contributed by atoms with Gasteiger partial charge in [0, 0.05) is 5.56 Å². The number of carbonyl (C=O) groups is 2. The molecule has 1 spiro atoms. The van der Waals surface area contributed by atoms with Crippen LogP contribution in [-0.4, -0.2) is 16.8 Å². The highest BCUT2D eigenvalue weighted by atomic mass is 32.1. The van der Waals surface area contributed by atoms with E-state index in [0.717, 1.165) is 32.5 Å². The van der Waals surface area contributed by atoms with Crippen LogP contribution in [0.15, 0.2) is 82.0 Å². The van der Waals surface area contributed by atoms with Gasteiger partial charge in [0.25, 0.3) is 11.8 Å². The number of benzene rings is 4. The smallest absolute Gasteiger partial charge is 0.297 e. The van der Waals surface area contributed by atoms with Crippen molar-refractivity contribution in [2.24, 2.45) is 0 Å². The number of nitrogens with zero attached hydrogens (tertiary/aromatic N) is 3. The number of para-hydroxylation sites is 1. The van der Waals surface area contributed by atoms with Gasteiger partial charge in [0.05, 0.1) is 33.4 Å². The van der Waals surface area contributed by atoms with Crippen molar-refractivity contribution in [3.8, 4) is 0 Å². The average Bonchev–Trinajstić information content (AvgIpc) is 3.62. The molecule has 2 aliphatic heterocycles. The summed E-state index contributed by atoms with van der Waals surface area (Å²) >= 11 is 1.29. The second-order valence-corrected chi connectivity index (χ2v) is 12.9. The molecule has 1 atom stereocenters. The van der Waals surface area contributed by atoms with Crippen molar-refractivity contribution < 1.29 is 18.4 Å². The molecule has 0 saturated heterocycles. The number of halogens is 1. The molecular formula is C36H26FN3O4S. The van der Waals surface area contributed by atoms with Gasteiger partial charge in [-0.3, -0.25) is 19.3 Å². The highest BCUT2D eigenvalue weighted by Crippen LogP contribution is 2.55. The molecule has 2 aliphatic rings. The molecule has 2 aromatic heterocycles. The number of aromatic nitrogens is 1. The lowest BCUT2D eigenvalue weighted by atomic mass is 9.84. The van der Waals surface area contributed by atoms with Crippen LogP contribution >= 0.6 is 11.3 Å². The maximum absolute atomic E-state index is 15.1. The average molecular weight is 616 g/mol. The van der Waals surface area contributed by atoms with Crippen LogP contribution < -0.4 is 15.2 Å². The Morgan fingerprint density at radius 3 is 2.40 bits per heavy atom. The van der Waals surface area contributed by atoms with E-state index < -0.39 is 22.8 Å². The van der Waals surface area contributed by atoms with E-state index in [-0.39, 0.29) is 34.4 Å². The van der Waals surface area contributed by atoms with Gasteiger partial charge in [-0.25, -0.2) is 9.37 Å². The summed E-state index contributed by atoms with van der Waals surface area (Å²) in [6.07, 6.45) is 0. The highest BCUT2D eigenvalue weighted by Gasteiger charge is 2.66. The SMILES string of the molecule is Cc1cc(C)c2nc(N3C(=O)c4oc5cc(C)c(C)cc5c(=O)c4C34C(=O)N(Cc3ccc(F)cc3)c3ccccc34)sc2c1. The zero-order valence-corrected chi connectivity index (χ0v) is 25.7. The second-order valence-electron chi connectivity index (χ2n) is 11.9. The van der Waals surface area contributed by atoms with Crippen molar-refractivity contribution in [3.05, 3.63) is 134 Å². The molecule has 2 amide bonds. The number of fused-ring (bicyclic) bond motifs is 6. The van der Waals surface area contributed by atoms with Crippen LogP contribution in [0.25, 0.3) is 21.2 Å². The first-order chi connectivity index (χ1) is 21.6. The standard InChI is InChI=1S/C36H26FN3O4S/c1-18-13-21(4)30-28(14-18)45-35(38-30)40-33(42)32-29(31(41)24-15-19(2)20(3)16-27(24)44-32)36(40)25-7-5-6-8-26(25)39(34(36)43)17-22-9-11-23(37)12-10-22/h5-16H,17H2,1-4H3. The number of aryl methyl sites for hydroxylation is 4. The summed E-state index contributed by atoms with van der Waals surface area (Å²) in [7, 11) is 0. The third-order valence-electron chi connectivity index (χ3n) is 9.00. The van der Waals surface area contributed by atoms with Gasteiger partial charge in [0.15, 0.2) is 16.1 Å². The van der Waals surface area contributed by atoms with E-state index in [9.17, 15) is 14.0 Å². The molecule has 4 heterocycles. The molecule has 0 fully saturated rings. The van der Waals surface area contributed by atoms with Crippen molar-refractivity contribution in [2.45, 2.75) is 39.8 Å². The maximum Gasteiger partial charge on any atom is 0.297 e. The monoisotopic (exact) mass is 615 g/mol. The van der Waals surface area contributed by atoms with Gasteiger partial charge < -0.3 is 9.32 Å². The summed E-state index contributed by atoms with van der Waals surface area (Å²) in [5.74, 6) is -1.65. The molecule has 0 radical (unpaired) electrons. The lowest BCUT2D eigenvalue weighted by Crippen LogP contribution is -2.53. The number of thiazole rings is 1. The molecule has 0 bridgehead atoms. The van der Waals surface area contributed by atoms with Gasteiger partial charge in [-0.15, -0.1) is 0 Å². The molecule has 0 N–H and O–H groups in total. The minimum atomic E-state index is -1.87. The number of carbonyl (C=O) groups excluding carboxylic acids is 2. The Bertz CT molecular complexity index is 2340. The van der Waals surface area contributed by atoms with E-state index >= 15 is 4.79 Å². The summed E-state index contributed by atoms with van der Waals surface area (Å²) in [6, 6.07) is 20.6. The highest BCUT2D eigenvalue weighted by molar-refractivity contribution is 7.22. The van der Waals surface area contributed by atoms with Crippen LogP contribution in [0.3, 0.4) is 0 Å². The third kappa shape index (κ3) is 3.67. The van der Waals surface area contributed by atoms with Crippen molar-refractivity contribution in [1.82, 2.24) is 4.98 Å². The zero-order chi connectivity index (χ0) is 31.4. The third-order valence-corrected chi connectivity index (χ3v) is 9.99. The Morgan fingerprint density at radius 1 is 0.889 bits per heavy atom. The van der Waals surface area contributed by atoms with Crippen LogP contribution in [0.2, 0.25) is 0 Å². The Labute approximate surface area is 261 Å². The van der Waals surface area contributed by atoms with Gasteiger partial charge in [-0.1, -0.05) is 47.7 Å². The van der Waals surface area contributed by atoms with Crippen molar-refractivity contribution in [3.63, 3.8) is 0 Å². The quantitative estimate of drug-likeness (QED) is 0.210. The number of rotatable bonds is 3. The molecule has 7 nitrogen and oxygen atoms in total. The van der Waals surface area contributed by atoms with Crippen molar-refractivity contribution in [2.75, 3.05) is 9.80 Å². The minimum Gasteiger partial charge on any atom is -0.450 e. The van der Waals surface area contributed by atoms with E-state index in [4.69, 9.17) is 9.40 Å². The minimum absolute atomic E-state index is 0.0190. The first-order valence-electron chi connectivity index (χ1n) is 14.6. The lowest BCUT2D eigenvalue weighted by molar-refractivity contribution is -0.121. The Morgan fingerprint density at radius 2 is 1.62 bits per heavy atom. The normalized spacial score (nSPS) is 17.3. The van der Waals surface area contributed by atoms with Crippen LogP contribution in [0, 0.1) is 33.5 Å². The molecule has 8 rings (SSSR count). The molecule has 1 unspecified atom stereocenters. The van der Waals surface area contributed by atoms with Crippen LogP contribution in [0.5, 0.6) is 0 Å². The van der Waals surface area contributed by atoms with Crippen molar-refractivity contribution >= 4 is 55.2 Å². The number of anilines is 2.